The summed E-state index contributed by atoms with van der Waals surface area (Å²) in [6.45, 7) is 2.32. The molecule has 3 aromatic heterocycles. The van der Waals surface area contributed by atoms with E-state index < -0.39 is 0 Å². The monoisotopic (exact) mass is 376 g/mol. The number of pyridine rings is 1. The molecule has 0 unspecified atom stereocenters. The van der Waals surface area contributed by atoms with Crippen molar-refractivity contribution in [1.82, 2.24) is 19.6 Å². The maximum Gasteiger partial charge on any atom is 0.214 e. The summed E-state index contributed by atoms with van der Waals surface area (Å²) in [4.78, 5) is 12.1. The molecule has 27 heavy (non-hydrogen) atoms. The largest absolute Gasteiger partial charge is 0.372 e. The number of rotatable bonds is 4. The van der Waals surface area contributed by atoms with Gasteiger partial charge >= 0.3 is 0 Å². The molecule has 0 saturated carbocycles. The summed E-state index contributed by atoms with van der Waals surface area (Å²) < 4.78 is 1.82. The molecule has 0 amide bonds. The van der Waals surface area contributed by atoms with E-state index in [0.29, 0.717) is 0 Å². The Morgan fingerprint density at radius 1 is 1.00 bits per heavy atom. The van der Waals surface area contributed by atoms with E-state index >= 15 is 0 Å². The van der Waals surface area contributed by atoms with Gasteiger partial charge in [0, 0.05) is 42.4 Å². The number of hydrogen-bond donors (Lipinski definition) is 1. The highest BCUT2D eigenvalue weighted by molar-refractivity contribution is 7.20. The lowest BCUT2D eigenvalue weighted by Crippen LogP contribution is -2.29. The van der Waals surface area contributed by atoms with Crippen molar-refractivity contribution in [2.75, 3.05) is 23.3 Å². The van der Waals surface area contributed by atoms with Crippen LogP contribution in [0.1, 0.15) is 19.3 Å². The first-order chi connectivity index (χ1) is 13.3. The third-order valence-electron chi connectivity index (χ3n) is 4.84. The molecule has 0 aliphatic carbocycles. The predicted molar refractivity (Wildman–Crippen MR) is 110 cm³/mol. The number of aromatic nitrogens is 4. The summed E-state index contributed by atoms with van der Waals surface area (Å²) >= 11 is 1.54. The van der Waals surface area contributed by atoms with Crippen molar-refractivity contribution in [2.24, 2.45) is 0 Å². The first-order valence-corrected chi connectivity index (χ1v) is 10.1. The zero-order valence-electron chi connectivity index (χ0n) is 14.9. The van der Waals surface area contributed by atoms with Gasteiger partial charge in [0.25, 0.3) is 0 Å². The molecule has 6 nitrogen and oxygen atoms in total. The number of nitrogens with zero attached hydrogens (tertiary/aromatic N) is 5. The van der Waals surface area contributed by atoms with Crippen molar-refractivity contribution in [3.8, 4) is 11.3 Å². The number of anilines is 3. The number of piperidine rings is 1. The third-order valence-corrected chi connectivity index (χ3v) is 5.68. The van der Waals surface area contributed by atoms with E-state index in [2.05, 4.69) is 49.5 Å². The van der Waals surface area contributed by atoms with Crippen LogP contribution < -0.4 is 10.2 Å². The fraction of sp³-hybridized carbons (Fsp3) is 0.250. The topological polar surface area (TPSA) is 58.4 Å². The molecule has 1 aromatic carbocycles. The molecular weight excluding hydrogens is 356 g/mol. The van der Waals surface area contributed by atoms with E-state index in [4.69, 9.17) is 0 Å². The lowest BCUT2D eigenvalue weighted by Gasteiger charge is -2.28. The Bertz CT molecular complexity index is 1000. The third kappa shape index (κ3) is 3.38. The maximum absolute atomic E-state index is 4.65. The SMILES string of the molecule is c1cncc(-c2cn3nc(Nc4ccc(N5CCCCC5)cc4)sc3n2)c1. The average Bonchev–Trinajstić information content (AvgIpc) is 3.29. The Morgan fingerprint density at radius 3 is 2.59 bits per heavy atom. The van der Waals surface area contributed by atoms with Crippen LogP contribution in [0.5, 0.6) is 0 Å². The molecule has 136 valence electrons. The van der Waals surface area contributed by atoms with E-state index in [-0.39, 0.29) is 0 Å². The normalized spacial score (nSPS) is 14.6. The highest BCUT2D eigenvalue weighted by atomic mass is 32.1. The van der Waals surface area contributed by atoms with Crippen molar-refractivity contribution < 1.29 is 0 Å². The fourth-order valence-electron chi connectivity index (χ4n) is 3.44. The molecule has 7 heteroatoms. The van der Waals surface area contributed by atoms with Gasteiger partial charge in [-0.3, -0.25) is 4.98 Å². The van der Waals surface area contributed by atoms with Crippen LogP contribution in [0.4, 0.5) is 16.5 Å². The van der Waals surface area contributed by atoms with Crippen LogP contribution >= 0.6 is 11.3 Å². The predicted octanol–water partition coefficient (Wildman–Crippen LogP) is 4.59. The molecule has 0 radical (unpaired) electrons. The smallest absolute Gasteiger partial charge is 0.214 e. The molecule has 1 aliphatic heterocycles. The van der Waals surface area contributed by atoms with Gasteiger partial charge in [0.1, 0.15) is 0 Å². The molecule has 0 atom stereocenters. The quantitative estimate of drug-likeness (QED) is 0.565. The molecule has 4 heterocycles. The number of nitrogens with one attached hydrogen (secondary N) is 1. The maximum atomic E-state index is 4.65. The zero-order chi connectivity index (χ0) is 18.1. The minimum Gasteiger partial charge on any atom is -0.372 e. The lowest BCUT2D eigenvalue weighted by molar-refractivity contribution is 0.578. The van der Waals surface area contributed by atoms with Gasteiger partial charge in [-0.05, 0) is 55.7 Å². The van der Waals surface area contributed by atoms with Crippen LogP contribution in [0.25, 0.3) is 16.2 Å². The summed E-state index contributed by atoms with van der Waals surface area (Å²) in [6.07, 6.45) is 9.45. The number of benzene rings is 1. The minimum absolute atomic E-state index is 0.834. The van der Waals surface area contributed by atoms with Crippen molar-refractivity contribution >= 4 is 32.8 Å². The molecular formula is C20H20N6S. The Hall–Kier alpha value is -2.93. The van der Waals surface area contributed by atoms with Gasteiger partial charge in [-0.2, -0.15) is 0 Å². The lowest BCUT2D eigenvalue weighted by atomic mass is 10.1. The molecule has 1 aliphatic rings. The van der Waals surface area contributed by atoms with Crippen LogP contribution in [0.2, 0.25) is 0 Å². The van der Waals surface area contributed by atoms with Gasteiger partial charge in [-0.1, -0.05) is 11.3 Å². The van der Waals surface area contributed by atoms with E-state index in [1.807, 2.05) is 29.0 Å². The van der Waals surface area contributed by atoms with Crippen LogP contribution in [-0.2, 0) is 0 Å². The summed E-state index contributed by atoms with van der Waals surface area (Å²) in [6, 6.07) is 12.5. The molecule has 0 spiro atoms. The second-order valence-electron chi connectivity index (χ2n) is 6.72. The first kappa shape index (κ1) is 16.3. The highest BCUT2D eigenvalue weighted by Crippen LogP contribution is 2.27. The van der Waals surface area contributed by atoms with Crippen LogP contribution in [0.15, 0.2) is 55.0 Å². The number of hydrogen-bond acceptors (Lipinski definition) is 6. The van der Waals surface area contributed by atoms with Crippen LogP contribution in [-0.4, -0.2) is 32.7 Å². The van der Waals surface area contributed by atoms with Gasteiger partial charge in [-0.15, -0.1) is 5.10 Å². The molecule has 1 saturated heterocycles. The Morgan fingerprint density at radius 2 is 1.85 bits per heavy atom. The molecule has 1 fully saturated rings. The van der Waals surface area contributed by atoms with Crippen molar-refractivity contribution in [3.63, 3.8) is 0 Å². The standard InChI is InChI=1S/C20H20N6S/c1-2-11-25(12-3-1)17-8-6-16(7-9-17)22-19-24-26-14-18(23-20(26)27-19)15-5-4-10-21-13-15/h4-10,13-14H,1-3,11-12H2,(H,22,24). The average molecular weight is 376 g/mol. The molecule has 4 aromatic rings. The highest BCUT2D eigenvalue weighted by Gasteiger charge is 2.12. The molecule has 0 bridgehead atoms. The summed E-state index contributed by atoms with van der Waals surface area (Å²) in [7, 11) is 0. The summed E-state index contributed by atoms with van der Waals surface area (Å²) in [5.41, 5.74) is 4.23. The number of fused-ring (bicyclic) bond motifs is 1. The van der Waals surface area contributed by atoms with Crippen molar-refractivity contribution in [2.45, 2.75) is 19.3 Å². The Balaban J connectivity index is 1.32. The van der Waals surface area contributed by atoms with Gasteiger partial charge in [0.05, 0.1) is 11.9 Å². The second-order valence-corrected chi connectivity index (χ2v) is 7.68. The van der Waals surface area contributed by atoms with Gasteiger partial charge < -0.3 is 10.2 Å². The van der Waals surface area contributed by atoms with Crippen LogP contribution in [0.3, 0.4) is 0 Å². The molecule has 5 rings (SSSR count). The van der Waals surface area contributed by atoms with Crippen LogP contribution in [0, 0.1) is 0 Å². The summed E-state index contributed by atoms with van der Waals surface area (Å²) in [5, 5.41) is 8.82. The number of imidazole rings is 1. The van der Waals surface area contributed by atoms with E-state index in [0.717, 1.165) is 40.1 Å². The van der Waals surface area contributed by atoms with Gasteiger partial charge in [-0.25, -0.2) is 9.50 Å². The van der Waals surface area contributed by atoms with Crippen molar-refractivity contribution in [1.29, 1.82) is 0 Å². The second kappa shape index (κ2) is 7.00. The van der Waals surface area contributed by atoms with Gasteiger partial charge in [0.2, 0.25) is 10.1 Å². The Kier molecular flexibility index (Phi) is 4.21. The summed E-state index contributed by atoms with van der Waals surface area (Å²) in [5.74, 6) is 0. The zero-order valence-corrected chi connectivity index (χ0v) is 15.7. The van der Waals surface area contributed by atoms with Gasteiger partial charge in [0.15, 0.2) is 0 Å². The first-order valence-electron chi connectivity index (χ1n) is 9.24. The van der Waals surface area contributed by atoms with Crippen molar-refractivity contribution in [3.05, 3.63) is 55.0 Å². The fourth-order valence-corrected chi connectivity index (χ4v) is 4.24. The van der Waals surface area contributed by atoms with E-state index in [1.54, 1.807) is 6.20 Å². The Labute approximate surface area is 161 Å². The molecule has 1 N–H and O–H groups in total. The van der Waals surface area contributed by atoms with E-state index in [1.165, 1.54) is 36.3 Å². The van der Waals surface area contributed by atoms with E-state index in [9.17, 15) is 0 Å². The minimum atomic E-state index is 0.834.